The van der Waals surface area contributed by atoms with Gasteiger partial charge in [-0.05, 0) is 42.7 Å². The molecule has 3 aromatic rings. The topological polar surface area (TPSA) is 39.2 Å². The van der Waals surface area contributed by atoms with Crippen LogP contribution in [0.1, 0.15) is 22.9 Å². The zero-order valence-electron chi connectivity index (χ0n) is 11.6. The lowest BCUT2D eigenvalue weighted by molar-refractivity contribution is 0.492. The Labute approximate surface area is 127 Å². The number of halogens is 2. The smallest absolute Gasteiger partial charge is 0.137 e. The van der Waals surface area contributed by atoms with Crippen molar-refractivity contribution in [2.24, 2.45) is 5.73 Å². The molecule has 0 fully saturated rings. The van der Waals surface area contributed by atoms with Crippen molar-refractivity contribution in [3.05, 3.63) is 70.2 Å². The first-order valence-corrected chi connectivity index (χ1v) is 7.11. The summed E-state index contributed by atoms with van der Waals surface area (Å²) in [6, 6.07) is 11.9. The first-order valence-electron chi connectivity index (χ1n) is 6.73. The van der Waals surface area contributed by atoms with E-state index in [1.54, 1.807) is 6.07 Å². The van der Waals surface area contributed by atoms with Crippen molar-refractivity contribution in [3.8, 4) is 0 Å². The maximum absolute atomic E-state index is 13.1. The molecule has 0 aliphatic rings. The average Bonchev–Trinajstić information content (AvgIpc) is 2.87. The summed E-state index contributed by atoms with van der Waals surface area (Å²) in [4.78, 5) is 0. The Kier molecular flexibility index (Phi) is 3.70. The van der Waals surface area contributed by atoms with Crippen molar-refractivity contribution < 1.29 is 8.81 Å². The second kappa shape index (κ2) is 5.51. The highest BCUT2D eigenvalue weighted by atomic mass is 35.5. The molecule has 1 heterocycles. The molecule has 108 valence electrons. The van der Waals surface area contributed by atoms with Crippen molar-refractivity contribution >= 4 is 22.6 Å². The molecule has 1 unspecified atom stereocenters. The minimum Gasteiger partial charge on any atom is -0.459 e. The first kappa shape index (κ1) is 14.1. The van der Waals surface area contributed by atoms with Crippen LogP contribution in [0.2, 0.25) is 5.02 Å². The lowest BCUT2D eigenvalue weighted by Crippen LogP contribution is -2.12. The van der Waals surface area contributed by atoms with Gasteiger partial charge in [0.25, 0.3) is 0 Å². The van der Waals surface area contributed by atoms with Crippen LogP contribution in [0.25, 0.3) is 11.0 Å². The van der Waals surface area contributed by atoms with Gasteiger partial charge < -0.3 is 10.2 Å². The number of para-hydroxylation sites is 1. The van der Waals surface area contributed by atoms with Gasteiger partial charge in [0.05, 0.1) is 6.04 Å². The van der Waals surface area contributed by atoms with Crippen molar-refractivity contribution in [1.29, 1.82) is 0 Å². The van der Waals surface area contributed by atoms with E-state index in [4.69, 9.17) is 21.8 Å². The quantitative estimate of drug-likeness (QED) is 0.756. The molecule has 2 nitrogen and oxygen atoms in total. The van der Waals surface area contributed by atoms with Crippen LogP contribution in [0, 0.1) is 12.7 Å². The maximum Gasteiger partial charge on any atom is 0.137 e. The van der Waals surface area contributed by atoms with Crippen LogP contribution in [0.5, 0.6) is 0 Å². The van der Waals surface area contributed by atoms with Gasteiger partial charge in [0.2, 0.25) is 0 Å². The molecule has 0 spiro atoms. The summed E-state index contributed by atoms with van der Waals surface area (Å²) >= 11 is 6.04. The Morgan fingerprint density at radius 1 is 1.24 bits per heavy atom. The molecule has 3 rings (SSSR count). The fourth-order valence-corrected chi connectivity index (χ4v) is 2.68. The zero-order valence-corrected chi connectivity index (χ0v) is 12.3. The highest BCUT2D eigenvalue weighted by Crippen LogP contribution is 2.28. The molecule has 2 N–H and O–H groups in total. The molecule has 0 amide bonds. The van der Waals surface area contributed by atoms with E-state index in [1.165, 1.54) is 12.1 Å². The lowest BCUT2D eigenvalue weighted by atomic mass is 10.0. The molecule has 0 saturated carbocycles. The van der Waals surface area contributed by atoms with Crippen molar-refractivity contribution in [2.75, 3.05) is 0 Å². The zero-order chi connectivity index (χ0) is 15.0. The second-order valence-electron chi connectivity index (χ2n) is 5.19. The normalized spacial score (nSPS) is 12.8. The molecule has 21 heavy (non-hydrogen) atoms. The van der Waals surface area contributed by atoms with Gasteiger partial charge in [-0.1, -0.05) is 35.9 Å². The Hall–Kier alpha value is -1.84. The molecule has 0 bridgehead atoms. The summed E-state index contributed by atoms with van der Waals surface area (Å²) < 4.78 is 18.9. The predicted octanol–water partition coefficient (Wildman–Crippen LogP) is 4.78. The van der Waals surface area contributed by atoms with Crippen LogP contribution in [-0.2, 0) is 6.42 Å². The van der Waals surface area contributed by atoms with E-state index in [1.807, 2.05) is 31.2 Å². The molecule has 0 saturated heterocycles. The Bertz CT molecular complexity index is 797. The number of fused-ring (bicyclic) bond motifs is 1. The summed E-state index contributed by atoms with van der Waals surface area (Å²) in [5.41, 5.74) is 8.94. The van der Waals surface area contributed by atoms with Crippen LogP contribution in [0.3, 0.4) is 0 Å². The van der Waals surface area contributed by atoms with E-state index in [0.717, 1.165) is 22.1 Å². The fraction of sp³-hybridized carbons (Fsp3) is 0.176. The van der Waals surface area contributed by atoms with Gasteiger partial charge in [-0.15, -0.1) is 0 Å². The van der Waals surface area contributed by atoms with Gasteiger partial charge >= 0.3 is 0 Å². The molecule has 2 aromatic carbocycles. The van der Waals surface area contributed by atoms with Crippen LogP contribution in [0.4, 0.5) is 4.39 Å². The molecule has 1 aromatic heterocycles. The molecular weight excluding hydrogens is 289 g/mol. The fourth-order valence-electron chi connectivity index (χ4n) is 2.44. The van der Waals surface area contributed by atoms with Crippen LogP contribution in [0.15, 0.2) is 46.9 Å². The van der Waals surface area contributed by atoms with Gasteiger partial charge in [-0.3, -0.25) is 0 Å². The third-order valence-electron chi connectivity index (χ3n) is 3.58. The van der Waals surface area contributed by atoms with Crippen LogP contribution in [-0.4, -0.2) is 0 Å². The minimum absolute atomic E-state index is 0.320. The number of furan rings is 1. The van der Waals surface area contributed by atoms with E-state index in [9.17, 15) is 4.39 Å². The number of aryl methyl sites for hydroxylation is 1. The van der Waals surface area contributed by atoms with E-state index in [2.05, 4.69) is 0 Å². The number of rotatable bonds is 3. The third-order valence-corrected chi connectivity index (χ3v) is 3.93. The van der Waals surface area contributed by atoms with Gasteiger partial charge in [-0.2, -0.15) is 0 Å². The summed E-state index contributed by atoms with van der Waals surface area (Å²) in [6.45, 7) is 2.00. The Morgan fingerprint density at radius 3 is 2.76 bits per heavy atom. The van der Waals surface area contributed by atoms with Crippen LogP contribution >= 0.6 is 11.6 Å². The van der Waals surface area contributed by atoms with Crippen molar-refractivity contribution in [2.45, 2.75) is 19.4 Å². The molecule has 1 atom stereocenters. The molecule has 0 aliphatic heterocycles. The monoisotopic (exact) mass is 303 g/mol. The van der Waals surface area contributed by atoms with Crippen molar-refractivity contribution in [3.63, 3.8) is 0 Å². The highest BCUT2D eigenvalue weighted by molar-refractivity contribution is 6.31. The van der Waals surface area contributed by atoms with E-state index >= 15 is 0 Å². The average molecular weight is 304 g/mol. The molecule has 0 aliphatic carbocycles. The SMILES string of the molecule is Cc1cccc2cc(C(N)Cc3ccc(F)cc3Cl)oc12. The second-order valence-corrected chi connectivity index (χ2v) is 5.60. The van der Waals surface area contributed by atoms with E-state index < -0.39 is 0 Å². The van der Waals surface area contributed by atoms with Crippen LogP contribution < -0.4 is 5.73 Å². The number of benzene rings is 2. The molecular formula is C17H15ClFNO. The number of hydrogen-bond donors (Lipinski definition) is 1. The van der Waals surface area contributed by atoms with Gasteiger partial charge in [0.15, 0.2) is 0 Å². The van der Waals surface area contributed by atoms with Gasteiger partial charge in [0.1, 0.15) is 17.2 Å². The largest absolute Gasteiger partial charge is 0.459 e. The van der Waals surface area contributed by atoms with E-state index in [0.29, 0.717) is 17.2 Å². The lowest BCUT2D eigenvalue weighted by Gasteiger charge is -2.10. The predicted molar refractivity (Wildman–Crippen MR) is 83.0 cm³/mol. The summed E-state index contributed by atoms with van der Waals surface area (Å²) in [5.74, 6) is 0.358. The Balaban J connectivity index is 1.90. The van der Waals surface area contributed by atoms with Gasteiger partial charge in [0, 0.05) is 10.4 Å². The number of nitrogens with two attached hydrogens (primary N) is 1. The highest BCUT2D eigenvalue weighted by Gasteiger charge is 2.15. The summed E-state index contributed by atoms with van der Waals surface area (Å²) in [7, 11) is 0. The third kappa shape index (κ3) is 2.80. The minimum atomic E-state index is -0.350. The summed E-state index contributed by atoms with van der Waals surface area (Å²) in [5, 5.41) is 1.42. The first-order chi connectivity index (χ1) is 10.0. The van der Waals surface area contributed by atoms with Gasteiger partial charge in [-0.25, -0.2) is 4.39 Å². The molecule has 0 radical (unpaired) electrons. The van der Waals surface area contributed by atoms with E-state index in [-0.39, 0.29) is 11.9 Å². The number of hydrogen-bond acceptors (Lipinski definition) is 2. The Morgan fingerprint density at radius 2 is 2.05 bits per heavy atom. The molecule has 4 heteroatoms. The summed E-state index contributed by atoms with van der Waals surface area (Å²) in [6.07, 6.45) is 0.498. The standard InChI is InChI=1S/C17H15ClFNO/c1-10-3-2-4-12-8-16(21-17(10)12)15(20)7-11-5-6-13(19)9-14(11)18/h2-6,8-9,15H,7,20H2,1H3. The maximum atomic E-state index is 13.1. The van der Waals surface area contributed by atoms with Crippen molar-refractivity contribution in [1.82, 2.24) is 0 Å².